The van der Waals surface area contributed by atoms with Gasteiger partial charge in [0.15, 0.2) is 11.6 Å². The van der Waals surface area contributed by atoms with Crippen molar-refractivity contribution in [2.24, 2.45) is 5.73 Å². The molecule has 2 aromatic heterocycles. The Kier molecular flexibility index (Phi) is 6.05. The highest BCUT2D eigenvalue weighted by molar-refractivity contribution is 6.37. The van der Waals surface area contributed by atoms with Crippen LogP contribution in [0.2, 0.25) is 5.02 Å². The van der Waals surface area contributed by atoms with E-state index in [2.05, 4.69) is 9.97 Å². The van der Waals surface area contributed by atoms with Gasteiger partial charge in [-0.15, -0.1) is 0 Å². The number of alkyl halides is 3. The topological polar surface area (TPSA) is 110 Å². The fourth-order valence-electron chi connectivity index (χ4n) is 4.09. The molecule has 3 N–H and O–H groups in total. The number of amides is 1. The summed E-state index contributed by atoms with van der Waals surface area (Å²) in [6.07, 6.45) is -2.19. The predicted molar refractivity (Wildman–Crippen MR) is 131 cm³/mol. The summed E-state index contributed by atoms with van der Waals surface area (Å²) in [5.41, 5.74) is 4.77. The summed E-state index contributed by atoms with van der Waals surface area (Å²) >= 11 is 6.48. The Morgan fingerprint density at radius 2 is 1.92 bits per heavy atom. The van der Waals surface area contributed by atoms with Crippen molar-refractivity contribution < 1.29 is 27.1 Å². The molecule has 1 amide bonds. The molecule has 190 valence electrons. The van der Waals surface area contributed by atoms with Crippen LogP contribution < -0.4 is 10.5 Å². The minimum absolute atomic E-state index is 0.00902. The first-order chi connectivity index (χ1) is 18.1. The number of rotatable bonds is 5. The molecule has 0 fully saturated rings. The number of hydrogen-bond acceptors (Lipinski definition) is 4. The summed E-state index contributed by atoms with van der Waals surface area (Å²) in [4.78, 5) is 19.0. The number of imidazole rings is 1. The number of aromatic nitrogens is 3. The molecular formula is C26H14ClF4N5O2. The Balaban J connectivity index is 1.71. The lowest BCUT2D eigenvalue weighted by Crippen LogP contribution is -2.16. The fraction of sp³-hybridized carbons (Fsp3) is 0.0385. The Labute approximate surface area is 216 Å². The lowest BCUT2D eigenvalue weighted by Gasteiger charge is -2.14. The molecule has 0 atom stereocenters. The standard InChI is InChI=1S/C26H14ClF4N5O2/c27-17-4-2-5-18-22(17)21(25(35-18)36-12-34-11-19(36)24(33)37)16-3-1-6-20(23(16)28)38-15-8-13(10-32)7-14(9-15)26(29,30)31/h1-9,11-12,35H,(H2,33,37). The molecule has 0 saturated carbocycles. The van der Waals surface area contributed by atoms with E-state index in [-0.39, 0.29) is 39.0 Å². The molecule has 0 aliphatic rings. The first-order valence-electron chi connectivity index (χ1n) is 10.8. The van der Waals surface area contributed by atoms with E-state index in [1.165, 1.54) is 35.3 Å². The van der Waals surface area contributed by atoms with Crippen molar-refractivity contribution >= 4 is 28.4 Å². The van der Waals surface area contributed by atoms with E-state index in [0.717, 1.165) is 6.07 Å². The smallest absolute Gasteiger partial charge is 0.416 e. The van der Waals surface area contributed by atoms with Crippen LogP contribution in [0.25, 0.3) is 27.8 Å². The number of fused-ring (bicyclic) bond motifs is 1. The minimum Gasteiger partial charge on any atom is -0.454 e. The third kappa shape index (κ3) is 4.31. The molecule has 7 nitrogen and oxygen atoms in total. The number of nitrogens with one attached hydrogen (secondary N) is 1. The van der Waals surface area contributed by atoms with Gasteiger partial charge in [0, 0.05) is 22.0 Å². The van der Waals surface area contributed by atoms with Gasteiger partial charge in [0.05, 0.1) is 28.4 Å². The zero-order valence-electron chi connectivity index (χ0n) is 19.0. The van der Waals surface area contributed by atoms with Gasteiger partial charge in [-0.3, -0.25) is 9.36 Å². The van der Waals surface area contributed by atoms with Crippen LogP contribution in [0.5, 0.6) is 11.5 Å². The van der Waals surface area contributed by atoms with Crippen LogP contribution in [-0.4, -0.2) is 20.4 Å². The normalized spacial score (nSPS) is 11.5. The molecule has 0 radical (unpaired) electrons. The lowest BCUT2D eigenvalue weighted by atomic mass is 10.0. The number of carbonyl (C=O) groups is 1. The minimum atomic E-state index is -4.75. The molecule has 12 heteroatoms. The molecule has 5 aromatic rings. The van der Waals surface area contributed by atoms with Crippen molar-refractivity contribution in [2.45, 2.75) is 6.18 Å². The molecule has 0 saturated heterocycles. The SMILES string of the molecule is N#Cc1cc(Oc2cccc(-c3c(-n4cncc4C(N)=O)[nH]c4cccc(Cl)c34)c2F)cc(C(F)(F)F)c1. The summed E-state index contributed by atoms with van der Waals surface area (Å²) in [7, 11) is 0. The highest BCUT2D eigenvalue weighted by Crippen LogP contribution is 2.42. The maximum Gasteiger partial charge on any atom is 0.416 e. The van der Waals surface area contributed by atoms with Crippen LogP contribution in [0.3, 0.4) is 0 Å². The van der Waals surface area contributed by atoms with E-state index < -0.39 is 29.2 Å². The Morgan fingerprint density at radius 3 is 2.63 bits per heavy atom. The summed E-state index contributed by atoms with van der Waals surface area (Å²) in [5.74, 6) is -2.27. The summed E-state index contributed by atoms with van der Waals surface area (Å²) in [6, 6.07) is 13.1. The van der Waals surface area contributed by atoms with E-state index in [0.29, 0.717) is 23.0 Å². The second-order valence-electron chi connectivity index (χ2n) is 8.10. The van der Waals surface area contributed by atoms with Crippen molar-refractivity contribution in [1.29, 1.82) is 5.26 Å². The van der Waals surface area contributed by atoms with Gasteiger partial charge in [0.1, 0.15) is 23.6 Å². The number of carbonyl (C=O) groups excluding carboxylic acids is 1. The second kappa shape index (κ2) is 9.24. The number of nitriles is 1. The van der Waals surface area contributed by atoms with Crippen LogP contribution in [0.1, 0.15) is 21.6 Å². The maximum absolute atomic E-state index is 16.0. The third-order valence-electron chi connectivity index (χ3n) is 5.71. The molecular weight excluding hydrogens is 526 g/mol. The van der Waals surface area contributed by atoms with Crippen LogP contribution in [0.4, 0.5) is 17.6 Å². The molecule has 5 rings (SSSR count). The van der Waals surface area contributed by atoms with Crippen LogP contribution in [-0.2, 0) is 6.18 Å². The van der Waals surface area contributed by atoms with E-state index in [1.54, 1.807) is 24.3 Å². The van der Waals surface area contributed by atoms with Gasteiger partial charge >= 0.3 is 6.18 Å². The number of nitrogens with zero attached hydrogens (tertiary/aromatic N) is 3. The van der Waals surface area contributed by atoms with E-state index >= 15 is 4.39 Å². The van der Waals surface area contributed by atoms with Gasteiger partial charge in [-0.2, -0.15) is 18.4 Å². The largest absolute Gasteiger partial charge is 0.454 e. The molecule has 2 heterocycles. The highest BCUT2D eigenvalue weighted by atomic mass is 35.5. The Bertz CT molecular complexity index is 1770. The van der Waals surface area contributed by atoms with Crippen LogP contribution in [0, 0.1) is 17.1 Å². The number of aromatic amines is 1. The maximum atomic E-state index is 16.0. The van der Waals surface area contributed by atoms with Gasteiger partial charge in [0.2, 0.25) is 0 Å². The molecule has 0 aliphatic carbocycles. The predicted octanol–water partition coefficient (Wildman–Crippen LogP) is 6.59. The van der Waals surface area contributed by atoms with Crippen molar-refractivity contribution in [3.05, 3.63) is 94.8 Å². The Morgan fingerprint density at radius 1 is 1.16 bits per heavy atom. The fourth-order valence-corrected chi connectivity index (χ4v) is 4.35. The number of primary amides is 1. The van der Waals surface area contributed by atoms with Crippen molar-refractivity contribution in [3.63, 3.8) is 0 Å². The van der Waals surface area contributed by atoms with Crippen LogP contribution >= 0.6 is 11.6 Å². The molecule has 0 aliphatic heterocycles. The average molecular weight is 540 g/mol. The summed E-state index contributed by atoms with van der Waals surface area (Å²) in [5, 5.41) is 9.83. The van der Waals surface area contributed by atoms with Gasteiger partial charge in [-0.25, -0.2) is 9.37 Å². The van der Waals surface area contributed by atoms with E-state index in [1.807, 2.05) is 0 Å². The lowest BCUT2D eigenvalue weighted by molar-refractivity contribution is -0.137. The Hall–Kier alpha value is -4.82. The number of benzene rings is 3. The molecule has 3 aromatic carbocycles. The third-order valence-corrected chi connectivity index (χ3v) is 6.02. The number of halogens is 5. The number of H-pyrrole nitrogens is 1. The van der Waals surface area contributed by atoms with Gasteiger partial charge < -0.3 is 15.5 Å². The number of hydrogen-bond donors (Lipinski definition) is 2. The first-order valence-corrected chi connectivity index (χ1v) is 11.2. The summed E-state index contributed by atoms with van der Waals surface area (Å²) < 4.78 is 62.8. The van der Waals surface area contributed by atoms with Crippen molar-refractivity contribution in [1.82, 2.24) is 14.5 Å². The molecule has 0 bridgehead atoms. The van der Waals surface area contributed by atoms with Gasteiger partial charge in [0.25, 0.3) is 5.91 Å². The number of nitrogens with two attached hydrogens (primary N) is 1. The van der Waals surface area contributed by atoms with E-state index in [4.69, 9.17) is 27.3 Å². The molecule has 0 unspecified atom stereocenters. The van der Waals surface area contributed by atoms with Crippen LogP contribution in [0.15, 0.2) is 67.1 Å². The second-order valence-corrected chi connectivity index (χ2v) is 8.51. The van der Waals surface area contributed by atoms with Crippen molar-refractivity contribution in [2.75, 3.05) is 0 Å². The number of ether oxygens (including phenoxy) is 1. The highest BCUT2D eigenvalue weighted by Gasteiger charge is 2.32. The monoisotopic (exact) mass is 539 g/mol. The zero-order chi connectivity index (χ0) is 27.2. The quantitative estimate of drug-likeness (QED) is 0.245. The zero-order valence-corrected chi connectivity index (χ0v) is 19.7. The average Bonchev–Trinajstić information content (AvgIpc) is 3.50. The van der Waals surface area contributed by atoms with Crippen molar-refractivity contribution in [3.8, 4) is 34.5 Å². The first kappa shape index (κ1) is 24.9. The summed E-state index contributed by atoms with van der Waals surface area (Å²) in [6.45, 7) is 0. The van der Waals surface area contributed by atoms with Gasteiger partial charge in [-0.05, 0) is 36.4 Å². The van der Waals surface area contributed by atoms with Gasteiger partial charge in [-0.1, -0.05) is 29.8 Å². The molecule has 0 spiro atoms. The van der Waals surface area contributed by atoms with E-state index in [9.17, 15) is 18.0 Å². The molecule has 38 heavy (non-hydrogen) atoms.